The Balaban J connectivity index is 0.000000150. The first-order valence-corrected chi connectivity index (χ1v) is 48.3. The number of rotatable bonds is 30. The van der Waals surface area contributed by atoms with Crippen molar-refractivity contribution in [3.05, 3.63) is 424 Å². The molecule has 0 aliphatic rings. The van der Waals surface area contributed by atoms with Gasteiger partial charge >= 0.3 is 12.4 Å². The number of benzene rings is 6. The number of hydrogen-bond donors (Lipinski definition) is 0. The zero-order valence-electron chi connectivity index (χ0n) is 83.8. The van der Waals surface area contributed by atoms with Crippen LogP contribution >= 0.6 is 23.2 Å². The molecule has 6 aromatic carbocycles. The lowest BCUT2D eigenvalue weighted by Crippen LogP contribution is -2.06. The fourth-order valence-electron chi connectivity index (χ4n) is 15.9. The van der Waals surface area contributed by atoms with E-state index in [1.54, 1.807) is 92.7 Å². The van der Waals surface area contributed by atoms with Crippen molar-refractivity contribution in [3.8, 4) is 67.5 Å². The van der Waals surface area contributed by atoms with Gasteiger partial charge in [-0.1, -0.05) is 127 Å². The molecule has 768 valence electrons. The minimum atomic E-state index is -4.48. The Bertz CT molecular complexity index is 7510. The maximum Gasteiger partial charge on any atom is 0.417 e. The SMILES string of the molecule is Cc1ccc(C(=O)CCc2cc(-c3ccc(C(F)(F)F)cc3)no2)c(C)n1.Cc1ccc(C(=O)CCc2cc(-c3ccc(Cl)cc3)no2)c(C)n1.Cc1ccc(C(=O)CCc2cc(-c3ccc(F)cc3)no2)c(C)n1.Cc1ccc(C(=O)CCc2cc(-c3ccccc3C(F)(F)F)no2)c(C)n1.Cc1ccc(C(=O)CCc2cc(-c3ccccc3Cl)no2)c(C)n1.Cc1ccc(C(=O)CCc2cc(-c3ccccc3F)no2)c(C)n1. The van der Waals surface area contributed by atoms with Gasteiger partial charge in [-0.05, 0) is 229 Å². The first kappa shape index (κ1) is 111. The first-order chi connectivity index (χ1) is 71.6. The summed E-state index contributed by atoms with van der Waals surface area (Å²) >= 11 is 12.0. The molecule has 0 amide bonds. The molecular formula is C116H102Cl2F8N12O12. The molecule has 0 N–H and O–H groups in total. The third-order valence-corrected chi connectivity index (χ3v) is 24.3. The molecule has 150 heavy (non-hydrogen) atoms. The highest BCUT2D eigenvalue weighted by molar-refractivity contribution is 6.33. The minimum Gasteiger partial charge on any atom is -0.361 e. The molecule has 0 saturated carbocycles. The molecule has 12 aromatic heterocycles. The minimum absolute atomic E-state index is 0.00356. The van der Waals surface area contributed by atoms with Crippen molar-refractivity contribution < 1.29 is 91.0 Å². The third kappa shape index (κ3) is 31.1. The lowest BCUT2D eigenvalue weighted by Gasteiger charge is -2.10. The molecule has 0 spiro atoms. The number of Topliss-reactive ketones (excluding diaryl/α,β-unsaturated/α-hetero) is 6. The molecule has 0 saturated heterocycles. The van der Waals surface area contributed by atoms with Crippen LogP contribution in [0.2, 0.25) is 10.0 Å². The van der Waals surface area contributed by atoms with E-state index in [2.05, 4.69) is 60.8 Å². The Morgan fingerprint density at radius 1 is 0.260 bits per heavy atom. The van der Waals surface area contributed by atoms with Crippen LogP contribution in [0.5, 0.6) is 0 Å². The zero-order chi connectivity index (χ0) is 108. The number of carbonyl (C=O) groups excluding carboxylic acids is 6. The van der Waals surface area contributed by atoms with E-state index in [1.165, 1.54) is 54.6 Å². The van der Waals surface area contributed by atoms with Crippen molar-refractivity contribution in [1.82, 2.24) is 60.8 Å². The molecule has 0 atom stereocenters. The summed E-state index contributed by atoms with van der Waals surface area (Å²) in [6.45, 7) is 22.2. The van der Waals surface area contributed by atoms with E-state index in [4.69, 9.17) is 50.3 Å². The summed E-state index contributed by atoms with van der Waals surface area (Å²) in [7, 11) is 0. The highest BCUT2D eigenvalue weighted by atomic mass is 35.5. The van der Waals surface area contributed by atoms with Crippen LogP contribution in [0.3, 0.4) is 0 Å². The van der Waals surface area contributed by atoms with Gasteiger partial charge in [0.2, 0.25) is 0 Å². The van der Waals surface area contributed by atoms with E-state index in [0.717, 1.165) is 97.5 Å². The number of aryl methyl sites for hydroxylation is 18. The van der Waals surface area contributed by atoms with Crippen LogP contribution in [0.4, 0.5) is 35.1 Å². The summed E-state index contributed by atoms with van der Waals surface area (Å²) in [5.41, 5.74) is 18.2. The van der Waals surface area contributed by atoms with Crippen LogP contribution in [0, 0.1) is 94.7 Å². The van der Waals surface area contributed by atoms with Crippen LogP contribution < -0.4 is 0 Å². The molecule has 18 rings (SSSR count). The van der Waals surface area contributed by atoms with Gasteiger partial charge in [-0.15, -0.1) is 0 Å². The Kier molecular flexibility index (Phi) is 37.8. The van der Waals surface area contributed by atoms with E-state index >= 15 is 0 Å². The number of alkyl halides is 6. The van der Waals surface area contributed by atoms with Crippen molar-refractivity contribution in [1.29, 1.82) is 0 Å². The van der Waals surface area contributed by atoms with E-state index in [1.807, 2.05) is 172 Å². The molecule has 18 aromatic rings. The second-order valence-electron chi connectivity index (χ2n) is 35.2. The molecule has 0 fully saturated rings. The van der Waals surface area contributed by atoms with Crippen molar-refractivity contribution in [2.75, 3.05) is 0 Å². The van der Waals surface area contributed by atoms with Gasteiger partial charge in [-0.2, -0.15) is 26.3 Å². The molecule has 24 nitrogen and oxygen atoms in total. The fraction of sp³-hybridized carbons (Fsp3) is 0.224. The van der Waals surface area contributed by atoms with E-state index < -0.39 is 23.5 Å². The van der Waals surface area contributed by atoms with Crippen molar-refractivity contribution in [2.24, 2.45) is 0 Å². The average molecular weight is 2080 g/mol. The summed E-state index contributed by atoms with van der Waals surface area (Å²) in [6.07, 6.45) is -4.70. The number of nitrogens with zero attached hydrogens (tertiary/aromatic N) is 12. The van der Waals surface area contributed by atoms with Crippen LogP contribution in [0.25, 0.3) is 67.5 Å². The van der Waals surface area contributed by atoms with Crippen molar-refractivity contribution in [2.45, 2.75) is 172 Å². The van der Waals surface area contributed by atoms with Gasteiger partial charge in [0.05, 0.1) is 16.1 Å². The highest BCUT2D eigenvalue weighted by Crippen LogP contribution is 2.39. The van der Waals surface area contributed by atoms with E-state index in [0.29, 0.717) is 175 Å². The normalized spacial score (nSPS) is 11.1. The molecule has 0 radical (unpaired) electrons. The van der Waals surface area contributed by atoms with Crippen LogP contribution in [-0.2, 0) is 50.9 Å². The lowest BCUT2D eigenvalue weighted by atomic mass is 10.0. The maximum absolute atomic E-state index is 13.8. The Hall–Kier alpha value is -16.5. The Labute approximate surface area is 868 Å². The first-order valence-electron chi connectivity index (χ1n) is 47.6. The predicted octanol–water partition coefficient (Wildman–Crippen LogP) is 28.6. The number of hydrogen-bond acceptors (Lipinski definition) is 24. The number of halogens is 10. The lowest BCUT2D eigenvalue weighted by molar-refractivity contribution is -0.138. The monoisotopic (exact) mass is 2080 g/mol. The van der Waals surface area contributed by atoms with Gasteiger partial charge < -0.3 is 27.1 Å². The quantitative estimate of drug-likeness (QED) is 0.0298. The van der Waals surface area contributed by atoms with Gasteiger partial charge in [-0.3, -0.25) is 58.7 Å². The van der Waals surface area contributed by atoms with Crippen molar-refractivity contribution >= 4 is 57.9 Å². The van der Waals surface area contributed by atoms with Gasteiger partial charge in [0, 0.05) is 254 Å². The number of pyridine rings is 6. The van der Waals surface area contributed by atoms with Crippen LogP contribution in [0.1, 0.15) is 215 Å². The zero-order valence-corrected chi connectivity index (χ0v) is 85.3. The topological polar surface area (TPSA) is 336 Å². The standard InChI is InChI=1S/2C20H17F3N2O2.2C19H17ClN2O2.2C19H17FN2O2/c1-12-3-9-17(13(2)24-12)19(26)10-8-16-11-18(25-27-16)14-4-6-15(7-5-14)20(21,22)23;1-12-7-9-15(13(2)24-12)19(26)10-8-14-11-18(25-27-14)16-5-3-4-6-17(16)20(21,22)23;1-12-3-9-17(13(2)21-12)19(23)10-8-16-11-18(22-24-16)14-4-6-15(20)7-5-14;1-12-7-9-15(13(2)21-12)19(23)10-8-14-11-18(22-24-14)16-5-3-4-6-17(16)20;1-12-3-9-17(13(2)21-12)19(23)10-8-16-11-18(22-24-16)14-4-6-15(20)7-5-14;1-12-7-9-15(13(2)21-12)19(23)10-8-14-11-18(22-24-14)16-5-3-4-6-17(16)20/h2*3-7,9,11H,8,10H2,1-2H3;4*3-7,9,11H,8,10H2,1-2H3. The Morgan fingerprint density at radius 3 is 0.780 bits per heavy atom. The van der Waals surface area contributed by atoms with Gasteiger partial charge in [0.25, 0.3) is 0 Å². The Morgan fingerprint density at radius 2 is 0.500 bits per heavy atom. The van der Waals surface area contributed by atoms with Crippen molar-refractivity contribution in [3.63, 3.8) is 0 Å². The molecule has 0 bridgehead atoms. The molecule has 12 heterocycles. The molecular weight excluding hydrogens is 1980 g/mol. The van der Waals surface area contributed by atoms with Gasteiger partial charge in [0.1, 0.15) is 80.4 Å². The smallest absolute Gasteiger partial charge is 0.361 e. The van der Waals surface area contributed by atoms with Gasteiger partial charge in [0.15, 0.2) is 34.7 Å². The van der Waals surface area contributed by atoms with E-state index in [9.17, 15) is 63.9 Å². The molecule has 0 aliphatic carbocycles. The van der Waals surface area contributed by atoms with E-state index in [-0.39, 0.29) is 83.3 Å². The summed E-state index contributed by atoms with van der Waals surface area (Å²) in [5.74, 6) is 2.72. The number of carbonyl (C=O) groups is 6. The molecule has 34 heteroatoms. The van der Waals surface area contributed by atoms with Crippen LogP contribution in [-0.4, -0.2) is 95.5 Å². The largest absolute Gasteiger partial charge is 0.417 e. The predicted molar refractivity (Wildman–Crippen MR) is 550 cm³/mol. The summed E-state index contributed by atoms with van der Waals surface area (Å²) in [6, 6.07) is 69.0. The number of ketones is 6. The van der Waals surface area contributed by atoms with Crippen LogP contribution in [0.15, 0.2) is 282 Å². The summed E-state index contributed by atoms with van der Waals surface area (Å²) in [4.78, 5) is 99.9. The average Bonchev–Trinajstić information content (AvgIpc) is 1.58. The second kappa shape index (κ2) is 51.2. The van der Waals surface area contributed by atoms with Gasteiger partial charge in [-0.25, -0.2) is 8.78 Å². The highest BCUT2D eigenvalue weighted by Gasteiger charge is 2.35. The molecule has 0 aliphatic heterocycles. The summed E-state index contributed by atoms with van der Waals surface area (Å²) in [5, 5.41) is 24.9. The molecule has 0 unspecified atom stereocenters. The fourth-order valence-corrected chi connectivity index (χ4v) is 16.2. The maximum atomic E-state index is 13.8. The number of aromatic nitrogens is 12. The second-order valence-corrected chi connectivity index (χ2v) is 36.1. The summed E-state index contributed by atoms with van der Waals surface area (Å²) < 4.78 is 136. The third-order valence-electron chi connectivity index (χ3n) is 23.7.